The number of piperidine rings is 1. The van der Waals surface area contributed by atoms with Crippen LogP contribution in [0.4, 0.5) is 10.5 Å². The summed E-state index contributed by atoms with van der Waals surface area (Å²) in [5.74, 6) is 0. The third-order valence-corrected chi connectivity index (χ3v) is 5.66. The highest BCUT2D eigenvalue weighted by Gasteiger charge is 2.40. The number of carbonyl (C=O) groups excluding carboxylic acids is 1. The van der Waals surface area contributed by atoms with Gasteiger partial charge in [0.15, 0.2) is 0 Å². The second-order valence-corrected chi connectivity index (χ2v) is 7.57. The first-order valence-electron chi connectivity index (χ1n) is 9.68. The maximum Gasteiger partial charge on any atom is 0.321 e. The number of amides is 2. The Hall–Kier alpha value is -2.66. The largest absolute Gasteiger partial charge is 0.324 e. The lowest BCUT2D eigenvalue weighted by Crippen LogP contribution is -2.40. The number of hydrogen-bond donors (Lipinski definition) is 2. The van der Waals surface area contributed by atoms with E-state index in [2.05, 4.69) is 15.6 Å². The van der Waals surface area contributed by atoms with Gasteiger partial charge in [0.05, 0.1) is 5.69 Å². The van der Waals surface area contributed by atoms with Crippen molar-refractivity contribution < 1.29 is 4.79 Å². The Labute approximate surface area is 160 Å². The van der Waals surface area contributed by atoms with Gasteiger partial charge < -0.3 is 15.5 Å². The summed E-state index contributed by atoms with van der Waals surface area (Å²) < 4.78 is 0. The third-order valence-electron chi connectivity index (χ3n) is 5.66. The lowest BCUT2D eigenvalue weighted by Gasteiger charge is -2.33. The highest BCUT2D eigenvalue weighted by Crippen LogP contribution is 2.38. The van der Waals surface area contributed by atoms with Crippen molar-refractivity contribution in [1.29, 1.82) is 0 Å². The molecule has 0 saturated carbocycles. The van der Waals surface area contributed by atoms with E-state index in [1.165, 1.54) is 12.8 Å². The van der Waals surface area contributed by atoms with Crippen LogP contribution in [0.2, 0.25) is 0 Å². The van der Waals surface area contributed by atoms with Crippen molar-refractivity contribution in [1.82, 2.24) is 15.2 Å². The number of benzene rings is 1. The zero-order chi connectivity index (χ0) is 18.5. The number of pyridine rings is 1. The number of rotatable bonds is 3. The van der Waals surface area contributed by atoms with Crippen molar-refractivity contribution in [3.8, 4) is 0 Å². The molecular weight excluding hydrogens is 336 g/mol. The van der Waals surface area contributed by atoms with Gasteiger partial charge >= 0.3 is 6.03 Å². The molecule has 2 aromatic rings. The SMILES string of the molecule is O=C(Nc1cccc(C=Cc2ccccn2)c1)N1CCC2(CCNCC2)C1. The van der Waals surface area contributed by atoms with Crippen molar-refractivity contribution >= 4 is 23.9 Å². The van der Waals surface area contributed by atoms with Crippen LogP contribution >= 0.6 is 0 Å². The number of anilines is 1. The molecule has 1 spiro atoms. The maximum absolute atomic E-state index is 12.7. The number of nitrogens with zero attached hydrogens (tertiary/aromatic N) is 2. The average molecular weight is 362 g/mol. The minimum atomic E-state index is 0.0104. The van der Waals surface area contributed by atoms with Crippen molar-refractivity contribution in [2.24, 2.45) is 5.41 Å². The van der Waals surface area contributed by atoms with E-state index in [4.69, 9.17) is 0 Å². The molecule has 3 heterocycles. The van der Waals surface area contributed by atoms with E-state index >= 15 is 0 Å². The van der Waals surface area contributed by atoms with Crippen LogP contribution in [0, 0.1) is 5.41 Å². The van der Waals surface area contributed by atoms with Crippen LogP contribution in [0.25, 0.3) is 12.2 Å². The minimum Gasteiger partial charge on any atom is -0.324 e. The fourth-order valence-corrected chi connectivity index (χ4v) is 4.05. The molecule has 2 amide bonds. The first-order valence-corrected chi connectivity index (χ1v) is 9.68. The molecule has 1 aromatic heterocycles. The Bertz CT molecular complexity index is 812. The standard InChI is InChI=1S/C22H26N4O/c27-21(26-15-11-22(17-26)9-13-23-14-10-22)25-20-6-3-4-18(16-20)7-8-19-5-1-2-12-24-19/h1-8,12,16,23H,9-11,13-15,17H2,(H,25,27). The molecule has 0 bridgehead atoms. The first-order chi connectivity index (χ1) is 13.2. The number of carbonyl (C=O) groups is 1. The summed E-state index contributed by atoms with van der Waals surface area (Å²) in [6.07, 6.45) is 9.23. The van der Waals surface area contributed by atoms with Gasteiger partial charge in [0, 0.05) is 25.0 Å². The summed E-state index contributed by atoms with van der Waals surface area (Å²) in [6.45, 7) is 3.87. The van der Waals surface area contributed by atoms with E-state index < -0.39 is 0 Å². The highest BCUT2D eigenvalue weighted by atomic mass is 16.2. The lowest BCUT2D eigenvalue weighted by atomic mass is 9.78. The second-order valence-electron chi connectivity index (χ2n) is 7.57. The van der Waals surface area contributed by atoms with Crippen molar-refractivity contribution in [3.05, 3.63) is 59.9 Å². The summed E-state index contributed by atoms with van der Waals surface area (Å²) in [6, 6.07) is 13.8. The number of hydrogen-bond acceptors (Lipinski definition) is 3. The molecule has 0 aliphatic carbocycles. The molecule has 0 radical (unpaired) electrons. The zero-order valence-corrected chi connectivity index (χ0v) is 15.5. The van der Waals surface area contributed by atoms with E-state index in [0.29, 0.717) is 5.41 Å². The topological polar surface area (TPSA) is 57.3 Å². The first kappa shape index (κ1) is 17.7. The molecule has 2 aliphatic rings. The Balaban J connectivity index is 1.38. The Morgan fingerprint density at radius 2 is 2.00 bits per heavy atom. The molecule has 140 valence electrons. The van der Waals surface area contributed by atoms with Crippen LogP contribution in [-0.4, -0.2) is 42.1 Å². The summed E-state index contributed by atoms with van der Waals surface area (Å²) in [5, 5.41) is 6.49. The smallest absolute Gasteiger partial charge is 0.321 e. The average Bonchev–Trinajstić information content (AvgIpc) is 3.11. The summed E-state index contributed by atoms with van der Waals surface area (Å²) in [5.41, 5.74) is 3.11. The summed E-state index contributed by atoms with van der Waals surface area (Å²) in [4.78, 5) is 19.0. The van der Waals surface area contributed by atoms with E-state index in [0.717, 1.165) is 49.5 Å². The second kappa shape index (κ2) is 7.92. The van der Waals surface area contributed by atoms with Crippen molar-refractivity contribution in [2.75, 3.05) is 31.5 Å². The number of urea groups is 1. The van der Waals surface area contributed by atoms with Crippen molar-refractivity contribution in [2.45, 2.75) is 19.3 Å². The molecule has 2 fully saturated rings. The normalized spacial score (nSPS) is 18.9. The molecule has 5 nitrogen and oxygen atoms in total. The van der Waals surface area contributed by atoms with Crippen LogP contribution in [0.15, 0.2) is 48.7 Å². The van der Waals surface area contributed by atoms with E-state index in [9.17, 15) is 4.79 Å². The number of nitrogens with one attached hydrogen (secondary N) is 2. The fraction of sp³-hybridized carbons (Fsp3) is 0.364. The number of likely N-dealkylation sites (tertiary alicyclic amines) is 1. The zero-order valence-electron chi connectivity index (χ0n) is 15.5. The molecule has 27 heavy (non-hydrogen) atoms. The predicted molar refractivity (Wildman–Crippen MR) is 109 cm³/mol. The molecule has 1 aromatic carbocycles. The lowest BCUT2D eigenvalue weighted by molar-refractivity contribution is 0.191. The van der Waals surface area contributed by atoms with Crippen LogP contribution in [0.3, 0.4) is 0 Å². The summed E-state index contributed by atoms with van der Waals surface area (Å²) >= 11 is 0. The quantitative estimate of drug-likeness (QED) is 0.872. The van der Waals surface area contributed by atoms with Crippen LogP contribution in [0.5, 0.6) is 0 Å². The molecule has 5 heteroatoms. The number of aromatic nitrogens is 1. The summed E-state index contributed by atoms with van der Waals surface area (Å²) in [7, 11) is 0. The highest BCUT2D eigenvalue weighted by molar-refractivity contribution is 5.90. The van der Waals surface area contributed by atoms with Crippen LogP contribution in [-0.2, 0) is 0 Å². The third kappa shape index (κ3) is 4.37. The van der Waals surface area contributed by atoms with Gasteiger partial charge in [-0.1, -0.05) is 24.3 Å². The van der Waals surface area contributed by atoms with Crippen LogP contribution in [0.1, 0.15) is 30.5 Å². The molecule has 2 N–H and O–H groups in total. The van der Waals surface area contributed by atoms with Gasteiger partial charge in [0.2, 0.25) is 0 Å². The molecule has 0 unspecified atom stereocenters. The van der Waals surface area contributed by atoms with Gasteiger partial charge in [-0.25, -0.2) is 4.79 Å². The Kier molecular flexibility index (Phi) is 5.21. The van der Waals surface area contributed by atoms with E-state index in [-0.39, 0.29) is 6.03 Å². The molecule has 2 aliphatic heterocycles. The maximum atomic E-state index is 12.7. The van der Waals surface area contributed by atoms with Crippen LogP contribution < -0.4 is 10.6 Å². The predicted octanol–water partition coefficient (Wildman–Crippen LogP) is 3.86. The van der Waals surface area contributed by atoms with Gasteiger partial charge in [0.25, 0.3) is 0 Å². The molecule has 4 rings (SSSR count). The molecule has 0 atom stereocenters. The van der Waals surface area contributed by atoms with E-state index in [1.807, 2.05) is 59.5 Å². The monoisotopic (exact) mass is 362 g/mol. The van der Waals surface area contributed by atoms with Gasteiger partial charge in [-0.05, 0) is 73.7 Å². The van der Waals surface area contributed by atoms with E-state index in [1.54, 1.807) is 6.20 Å². The van der Waals surface area contributed by atoms with Gasteiger partial charge in [-0.15, -0.1) is 0 Å². The van der Waals surface area contributed by atoms with Crippen molar-refractivity contribution in [3.63, 3.8) is 0 Å². The fourth-order valence-electron chi connectivity index (χ4n) is 4.05. The van der Waals surface area contributed by atoms with Gasteiger partial charge in [0.1, 0.15) is 0 Å². The molecule has 2 saturated heterocycles. The minimum absolute atomic E-state index is 0.0104. The molecular formula is C22H26N4O. The Morgan fingerprint density at radius 1 is 1.11 bits per heavy atom. The van der Waals surface area contributed by atoms with Gasteiger partial charge in [-0.3, -0.25) is 4.98 Å². The van der Waals surface area contributed by atoms with Gasteiger partial charge in [-0.2, -0.15) is 0 Å². The Morgan fingerprint density at radius 3 is 2.81 bits per heavy atom.